The maximum Gasteiger partial charge on any atom is 0.315 e. The zero-order valence-corrected chi connectivity index (χ0v) is 10.6. The predicted molar refractivity (Wildman–Crippen MR) is 64.7 cm³/mol. The highest BCUT2D eigenvalue weighted by molar-refractivity contribution is 7.85. The van der Waals surface area contributed by atoms with Gasteiger partial charge in [0, 0.05) is 5.69 Å². The summed E-state index contributed by atoms with van der Waals surface area (Å²) in [5, 5.41) is 0. The largest absolute Gasteiger partial charge is 0.315 e. The zero-order valence-electron chi connectivity index (χ0n) is 9.81. The first kappa shape index (κ1) is 14.2. The first-order valence-corrected chi connectivity index (χ1v) is 6.81. The van der Waals surface area contributed by atoms with Gasteiger partial charge in [0.1, 0.15) is 0 Å². The number of rotatable bonds is 4. The number of anilines is 2. The third-order valence-corrected chi connectivity index (χ3v) is 2.76. The molecule has 7 nitrogen and oxygen atoms in total. The summed E-state index contributed by atoms with van der Waals surface area (Å²) in [4.78, 5) is 9.98. The van der Waals surface area contributed by atoms with Crippen LogP contribution in [0.15, 0.2) is 30.3 Å². The molecule has 0 unspecified atom stereocenters. The third-order valence-electron chi connectivity index (χ3n) is 2.17. The summed E-state index contributed by atoms with van der Waals surface area (Å²) in [6, 6.07) is 7.72. The molecule has 0 fully saturated rings. The fraction of sp³-hybridized carbons (Fsp3) is 0.100. The summed E-state index contributed by atoms with van der Waals surface area (Å²) in [5.41, 5.74) is 0.232. The molecule has 1 heterocycles. The van der Waals surface area contributed by atoms with Crippen molar-refractivity contribution in [3.63, 3.8) is 0 Å². The summed E-state index contributed by atoms with van der Waals surface area (Å²) in [6.45, 7) is 0. The SMILES string of the molecule is O=S(=O)(O)CN(c1ccccc1)c1nc(F)nc(F)n1. The molecular formula is C10H8F2N4O3S. The van der Waals surface area contributed by atoms with Gasteiger partial charge >= 0.3 is 12.2 Å². The zero-order chi connectivity index (χ0) is 14.8. The number of hydrogen-bond donors (Lipinski definition) is 1. The first-order valence-electron chi connectivity index (χ1n) is 5.20. The van der Waals surface area contributed by atoms with E-state index in [0.717, 1.165) is 4.90 Å². The Hall–Kier alpha value is -2.20. The highest BCUT2D eigenvalue weighted by atomic mass is 32.2. The van der Waals surface area contributed by atoms with E-state index in [-0.39, 0.29) is 5.69 Å². The predicted octanol–water partition coefficient (Wildman–Crippen LogP) is 1.13. The van der Waals surface area contributed by atoms with Crippen LogP contribution in [-0.4, -0.2) is 33.8 Å². The molecular weight excluding hydrogens is 294 g/mol. The summed E-state index contributed by atoms with van der Waals surface area (Å²) in [5.74, 6) is -1.53. The number of para-hydroxylation sites is 1. The Kier molecular flexibility index (Phi) is 3.86. The quantitative estimate of drug-likeness (QED) is 0.846. The molecule has 0 saturated heterocycles. The van der Waals surface area contributed by atoms with Crippen LogP contribution in [0.5, 0.6) is 0 Å². The third kappa shape index (κ3) is 3.65. The van der Waals surface area contributed by atoms with Gasteiger partial charge in [-0.2, -0.15) is 32.2 Å². The molecule has 0 amide bonds. The number of hydrogen-bond acceptors (Lipinski definition) is 6. The monoisotopic (exact) mass is 302 g/mol. The fourth-order valence-electron chi connectivity index (χ4n) is 1.46. The standard InChI is InChI=1S/C10H8F2N4O3S/c11-8-13-9(12)15-10(14-8)16(6-20(17,18)19)7-4-2-1-3-5-7/h1-5H,6H2,(H,17,18,19). The van der Waals surface area contributed by atoms with Crippen molar-refractivity contribution in [2.75, 3.05) is 10.8 Å². The molecule has 0 aliphatic heterocycles. The Morgan fingerprint density at radius 3 is 2.10 bits per heavy atom. The molecule has 2 rings (SSSR count). The molecule has 0 aliphatic rings. The van der Waals surface area contributed by atoms with Gasteiger partial charge < -0.3 is 0 Å². The Morgan fingerprint density at radius 1 is 1.05 bits per heavy atom. The van der Waals surface area contributed by atoms with E-state index in [9.17, 15) is 17.2 Å². The van der Waals surface area contributed by atoms with Crippen LogP contribution < -0.4 is 4.90 Å². The number of aromatic nitrogens is 3. The van der Waals surface area contributed by atoms with Crippen LogP contribution in [0.25, 0.3) is 0 Å². The van der Waals surface area contributed by atoms with Crippen molar-refractivity contribution in [3.05, 3.63) is 42.5 Å². The van der Waals surface area contributed by atoms with Gasteiger partial charge in [-0.1, -0.05) is 18.2 Å². The molecule has 0 saturated carbocycles. The van der Waals surface area contributed by atoms with Gasteiger partial charge in [-0.15, -0.1) is 0 Å². The second-order valence-electron chi connectivity index (χ2n) is 3.65. The van der Waals surface area contributed by atoms with Gasteiger partial charge in [0.05, 0.1) is 0 Å². The van der Waals surface area contributed by atoms with E-state index in [1.165, 1.54) is 12.1 Å². The highest BCUT2D eigenvalue weighted by Gasteiger charge is 2.20. The van der Waals surface area contributed by atoms with Crippen LogP contribution in [0, 0.1) is 12.2 Å². The lowest BCUT2D eigenvalue weighted by Gasteiger charge is -2.20. The summed E-state index contributed by atoms with van der Waals surface area (Å²) < 4.78 is 56.9. The van der Waals surface area contributed by atoms with Crippen molar-refractivity contribution in [1.29, 1.82) is 0 Å². The van der Waals surface area contributed by atoms with Crippen molar-refractivity contribution in [3.8, 4) is 0 Å². The van der Waals surface area contributed by atoms with E-state index in [4.69, 9.17) is 4.55 Å². The van der Waals surface area contributed by atoms with Crippen molar-refractivity contribution in [1.82, 2.24) is 15.0 Å². The topological polar surface area (TPSA) is 96.3 Å². The lowest BCUT2D eigenvalue weighted by molar-refractivity contribution is 0.453. The van der Waals surface area contributed by atoms with E-state index in [1.54, 1.807) is 18.2 Å². The Morgan fingerprint density at radius 2 is 1.60 bits per heavy atom. The minimum atomic E-state index is -4.46. The smallest absolute Gasteiger partial charge is 0.293 e. The molecule has 0 bridgehead atoms. The number of nitrogens with zero attached hydrogens (tertiary/aromatic N) is 4. The van der Waals surface area contributed by atoms with E-state index in [2.05, 4.69) is 15.0 Å². The minimum absolute atomic E-state index is 0.232. The van der Waals surface area contributed by atoms with Gasteiger partial charge in [-0.3, -0.25) is 9.45 Å². The maximum atomic E-state index is 13.0. The fourth-order valence-corrected chi connectivity index (χ4v) is 2.05. The van der Waals surface area contributed by atoms with Crippen LogP contribution in [0.2, 0.25) is 0 Å². The van der Waals surface area contributed by atoms with Crippen molar-refractivity contribution < 1.29 is 21.8 Å². The molecule has 1 aromatic carbocycles. The second kappa shape index (κ2) is 5.43. The molecule has 1 aromatic heterocycles. The molecule has 0 aliphatic carbocycles. The molecule has 20 heavy (non-hydrogen) atoms. The van der Waals surface area contributed by atoms with Gasteiger partial charge in [0.25, 0.3) is 10.1 Å². The van der Waals surface area contributed by atoms with E-state index in [0.29, 0.717) is 0 Å². The molecule has 10 heteroatoms. The summed E-state index contributed by atoms with van der Waals surface area (Å²) >= 11 is 0. The van der Waals surface area contributed by atoms with Crippen LogP contribution in [0.4, 0.5) is 20.4 Å². The summed E-state index contributed by atoms with van der Waals surface area (Å²) in [7, 11) is -4.46. The summed E-state index contributed by atoms with van der Waals surface area (Å²) in [6.07, 6.45) is -2.80. The maximum absolute atomic E-state index is 13.0. The average molecular weight is 302 g/mol. The minimum Gasteiger partial charge on any atom is -0.293 e. The van der Waals surface area contributed by atoms with Crippen LogP contribution in [-0.2, 0) is 10.1 Å². The average Bonchev–Trinajstić information content (AvgIpc) is 2.35. The van der Waals surface area contributed by atoms with Crippen molar-refractivity contribution >= 4 is 21.8 Å². The van der Waals surface area contributed by atoms with E-state index < -0.39 is 34.1 Å². The Balaban J connectivity index is 2.51. The van der Waals surface area contributed by atoms with Gasteiger partial charge in [-0.05, 0) is 12.1 Å². The Bertz CT molecular complexity index is 691. The molecule has 0 radical (unpaired) electrons. The molecule has 0 atom stereocenters. The number of benzene rings is 1. The molecule has 2 aromatic rings. The van der Waals surface area contributed by atoms with Gasteiger partial charge in [0.2, 0.25) is 5.95 Å². The van der Waals surface area contributed by atoms with Crippen LogP contribution in [0.3, 0.4) is 0 Å². The normalized spacial score (nSPS) is 11.3. The lowest BCUT2D eigenvalue weighted by Crippen LogP contribution is -2.27. The molecule has 106 valence electrons. The van der Waals surface area contributed by atoms with Gasteiger partial charge in [0.15, 0.2) is 5.88 Å². The Labute approximate surface area is 112 Å². The van der Waals surface area contributed by atoms with E-state index in [1.807, 2.05) is 0 Å². The highest BCUT2D eigenvalue weighted by Crippen LogP contribution is 2.22. The molecule has 1 N–H and O–H groups in total. The lowest BCUT2D eigenvalue weighted by atomic mass is 10.3. The second-order valence-corrected chi connectivity index (χ2v) is 5.07. The van der Waals surface area contributed by atoms with Crippen molar-refractivity contribution in [2.45, 2.75) is 0 Å². The van der Waals surface area contributed by atoms with Crippen LogP contribution in [0.1, 0.15) is 0 Å². The van der Waals surface area contributed by atoms with Crippen LogP contribution >= 0.6 is 0 Å². The van der Waals surface area contributed by atoms with Crippen molar-refractivity contribution in [2.24, 2.45) is 0 Å². The number of halogens is 2. The van der Waals surface area contributed by atoms with E-state index >= 15 is 0 Å². The molecule has 0 spiro atoms. The first-order chi connectivity index (χ1) is 9.35. The van der Waals surface area contributed by atoms with Gasteiger partial charge in [-0.25, -0.2) is 0 Å².